The summed E-state index contributed by atoms with van der Waals surface area (Å²) in [5.41, 5.74) is 1.31. The number of ether oxygens (including phenoxy) is 1. The standard InChI is InChI=1S/C20H30N2O6S/c1-6-20(4,5)21-18(24)12-28-19(25)17-10-15(23)11-22(17)29(26,27)16-8-7-13(2)14(3)9-16/h7-9,15,17,23H,6,10-12H2,1-5H3,(H,21,24)/t15?,17-/m0/s1. The van der Waals surface area contributed by atoms with E-state index in [4.69, 9.17) is 4.74 Å². The van der Waals surface area contributed by atoms with Crippen molar-refractivity contribution in [1.82, 2.24) is 9.62 Å². The maximum absolute atomic E-state index is 13.1. The second-order valence-electron chi connectivity index (χ2n) is 8.12. The van der Waals surface area contributed by atoms with E-state index in [1.807, 2.05) is 27.7 Å². The van der Waals surface area contributed by atoms with E-state index < -0.39 is 46.2 Å². The highest BCUT2D eigenvalue weighted by molar-refractivity contribution is 7.89. The van der Waals surface area contributed by atoms with Crippen LogP contribution in [0.2, 0.25) is 0 Å². The van der Waals surface area contributed by atoms with Gasteiger partial charge < -0.3 is 15.2 Å². The van der Waals surface area contributed by atoms with Crippen molar-refractivity contribution < 1.29 is 27.9 Å². The van der Waals surface area contributed by atoms with Gasteiger partial charge in [0.25, 0.3) is 5.91 Å². The number of aryl methyl sites for hydroxylation is 2. The fourth-order valence-corrected chi connectivity index (χ4v) is 4.72. The van der Waals surface area contributed by atoms with Crippen molar-refractivity contribution in [2.24, 2.45) is 0 Å². The number of nitrogens with zero attached hydrogens (tertiary/aromatic N) is 1. The van der Waals surface area contributed by atoms with Crippen LogP contribution in [0, 0.1) is 13.8 Å². The molecule has 0 aromatic heterocycles. The number of hydrogen-bond acceptors (Lipinski definition) is 6. The molecular formula is C20H30N2O6S. The van der Waals surface area contributed by atoms with Gasteiger partial charge in [0.2, 0.25) is 10.0 Å². The molecule has 1 aromatic rings. The van der Waals surface area contributed by atoms with Gasteiger partial charge in [-0.15, -0.1) is 0 Å². The SMILES string of the molecule is CCC(C)(C)NC(=O)COC(=O)[C@@H]1CC(O)CN1S(=O)(=O)c1ccc(C)c(C)c1. The molecule has 1 saturated heterocycles. The monoisotopic (exact) mass is 426 g/mol. The summed E-state index contributed by atoms with van der Waals surface area (Å²) in [5.74, 6) is -1.31. The molecule has 0 saturated carbocycles. The van der Waals surface area contributed by atoms with E-state index in [1.54, 1.807) is 13.0 Å². The summed E-state index contributed by atoms with van der Waals surface area (Å²) in [6.45, 7) is 8.57. The smallest absolute Gasteiger partial charge is 0.325 e. The Morgan fingerprint density at radius 3 is 2.52 bits per heavy atom. The van der Waals surface area contributed by atoms with Crippen molar-refractivity contribution in [3.8, 4) is 0 Å². The van der Waals surface area contributed by atoms with Gasteiger partial charge in [-0.05, 0) is 57.4 Å². The van der Waals surface area contributed by atoms with Crippen LogP contribution in [0.25, 0.3) is 0 Å². The van der Waals surface area contributed by atoms with Gasteiger partial charge in [0.15, 0.2) is 6.61 Å². The van der Waals surface area contributed by atoms with Crippen molar-refractivity contribution >= 4 is 21.9 Å². The number of rotatable bonds is 7. The lowest BCUT2D eigenvalue weighted by Crippen LogP contribution is -2.46. The van der Waals surface area contributed by atoms with Crippen LogP contribution >= 0.6 is 0 Å². The number of aliphatic hydroxyl groups is 1. The second kappa shape index (κ2) is 8.81. The van der Waals surface area contributed by atoms with Crippen molar-refractivity contribution in [3.05, 3.63) is 29.3 Å². The number of sulfonamides is 1. The van der Waals surface area contributed by atoms with E-state index in [0.29, 0.717) is 6.42 Å². The van der Waals surface area contributed by atoms with Crippen LogP contribution in [0.3, 0.4) is 0 Å². The Morgan fingerprint density at radius 1 is 1.28 bits per heavy atom. The maximum Gasteiger partial charge on any atom is 0.325 e. The molecule has 2 atom stereocenters. The quantitative estimate of drug-likeness (QED) is 0.635. The average molecular weight is 427 g/mol. The van der Waals surface area contributed by atoms with Crippen molar-refractivity contribution in [2.75, 3.05) is 13.2 Å². The highest BCUT2D eigenvalue weighted by atomic mass is 32.2. The molecule has 2 N–H and O–H groups in total. The third-order valence-electron chi connectivity index (χ3n) is 5.30. The molecule has 1 aromatic carbocycles. The number of nitrogens with one attached hydrogen (secondary N) is 1. The molecule has 1 heterocycles. The lowest BCUT2D eigenvalue weighted by atomic mass is 10.0. The zero-order valence-corrected chi connectivity index (χ0v) is 18.4. The summed E-state index contributed by atoms with van der Waals surface area (Å²) in [6, 6.07) is 3.54. The molecule has 0 radical (unpaired) electrons. The van der Waals surface area contributed by atoms with Gasteiger partial charge in [-0.25, -0.2) is 8.42 Å². The van der Waals surface area contributed by atoms with Gasteiger partial charge in [-0.2, -0.15) is 4.31 Å². The van der Waals surface area contributed by atoms with Gasteiger partial charge in [0.1, 0.15) is 6.04 Å². The summed E-state index contributed by atoms with van der Waals surface area (Å²) >= 11 is 0. The molecule has 1 aliphatic rings. The number of benzene rings is 1. The van der Waals surface area contributed by atoms with Crippen LogP contribution in [-0.4, -0.2) is 60.5 Å². The van der Waals surface area contributed by atoms with E-state index in [0.717, 1.165) is 15.4 Å². The fraction of sp³-hybridized carbons (Fsp3) is 0.600. The molecule has 0 spiro atoms. The van der Waals surface area contributed by atoms with Crippen LogP contribution in [0.15, 0.2) is 23.1 Å². The molecule has 1 aliphatic heterocycles. The number of aliphatic hydroxyl groups excluding tert-OH is 1. The molecular weight excluding hydrogens is 396 g/mol. The second-order valence-corrected chi connectivity index (χ2v) is 10.0. The van der Waals surface area contributed by atoms with E-state index in [9.17, 15) is 23.1 Å². The van der Waals surface area contributed by atoms with Gasteiger partial charge in [0.05, 0.1) is 11.0 Å². The molecule has 0 bridgehead atoms. The number of hydrogen-bond donors (Lipinski definition) is 2. The predicted octanol–water partition coefficient (Wildman–Crippen LogP) is 1.28. The Balaban J connectivity index is 2.14. The third kappa shape index (κ3) is 5.55. The van der Waals surface area contributed by atoms with Gasteiger partial charge in [-0.1, -0.05) is 13.0 Å². The first-order valence-corrected chi connectivity index (χ1v) is 11.1. The highest BCUT2D eigenvalue weighted by Gasteiger charge is 2.44. The van der Waals surface area contributed by atoms with Gasteiger partial charge in [0, 0.05) is 18.5 Å². The van der Waals surface area contributed by atoms with Crippen molar-refractivity contribution in [2.45, 2.75) is 70.0 Å². The van der Waals surface area contributed by atoms with E-state index in [-0.39, 0.29) is 17.9 Å². The number of amides is 1. The lowest BCUT2D eigenvalue weighted by molar-refractivity contribution is -0.152. The van der Waals surface area contributed by atoms with Crippen molar-refractivity contribution in [1.29, 1.82) is 0 Å². The van der Waals surface area contributed by atoms with Crippen LogP contribution in [0.5, 0.6) is 0 Å². The minimum Gasteiger partial charge on any atom is -0.454 e. The molecule has 162 valence electrons. The summed E-state index contributed by atoms with van der Waals surface area (Å²) in [5, 5.41) is 12.7. The summed E-state index contributed by atoms with van der Waals surface area (Å²) in [4.78, 5) is 24.6. The van der Waals surface area contributed by atoms with Crippen LogP contribution in [0.1, 0.15) is 44.7 Å². The molecule has 1 unspecified atom stereocenters. The summed E-state index contributed by atoms with van der Waals surface area (Å²) < 4.78 is 32.1. The lowest BCUT2D eigenvalue weighted by Gasteiger charge is -2.25. The normalized spacial score (nSPS) is 20.5. The number of carbonyl (C=O) groups is 2. The molecule has 1 amide bonds. The molecule has 2 rings (SSSR count). The Labute approximate surface area is 172 Å². The predicted molar refractivity (Wildman–Crippen MR) is 108 cm³/mol. The Bertz CT molecular complexity index is 881. The average Bonchev–Trinajstić information content (AvgIpc) is 3.04. The molecule has 29 heavy (non-hydrogen) atoms. The molecule has 9 heteroatoms. The molecule has 1 fully saturated rings. The van der Waals surface area contributed by atoms with Crippen molar-refractivity contribution in [3.63, 3.8) is 0 Å². The first-order chi connectivity index (χ1) is 13.4. The highest BCUT2D eigenvalue weighted by Crippen LogP contribution is 2.28. The minimum absolute atomic E-state index is 0.0509. The Kier molecular flexibility index (Phi) is 7.08. The Hall–Kier alpha value is -1.97. The van der Waals surface area contributed by atoms with Crippen LogP contribution in [0.4, 0.5) is 0 Å². The zero-order chi connectivity index (χ0) is 22.0. The Morgan fingerprint density at radius 2 is 1.93 bits per heavy atom. The molecule has 0 aliphatic carbocycles. The minimum atomic E-state index is -4.00. The molecule has 8 nitrogen and oxygen atoms in total. The largest absolute Gasteiger partial charge is 0.454 e. The maximum atomic E-state index is 13.1. The first kappa shape index (κ1) is 23.3. The van der Waals surface area contributed by atoms with Crippen LogP contribution < -0.4 is 5.32 Å². The zero-order valence-electron chi connectivity index (χ0n) is 17.6. The summed E-state index contributed by atoms with van der Waals surface area (Å²) in [6.07, 6.45) is -0.365. The summed E-state index contributed by atoms with van der Waals surface area (Å²) in [7, 11) is -4.00. The number of β-amino-alcohol motifs (C(OH)–C–C–N with tert-alkyl or cyclic N) is 1. The first-order valence-electron chi connectivity index (χ1n) is 9.62. The topological polar surface area (TPSA) is 113 Å². The van der Waals surface area contributed by atoms with E-state index in [2.05, 4.69) is 5.32 Å². The number of carbonyl (C=O) groups excluding carboxylic acids is 2. The fourth-order valence-electron chi connectivity index (χ4n) is 3.01. The van der Waals surface area contributed by atoms with Gasteiger partial charge >= 0.3 is 5.97 Å². The number of esters is 1. The van der Waals surface area contributed by atoms with E-state index >= 15 is 0 Å². The van der Waals surface area contributed by atoms with Gasteiger partial charge in [-0.3, -0.25) is 9.59 Å². The van der Waals surface area contributed by atoms with Crippen LogP contribution in [-0.2, 0) is 24.3 Å². The third-order valence-corrected chi connectivity index (χ3v) is 7.17. The van der Waals surface area contributed by atoms with E-state index in [1.165, 1.54) is 12.1 Å².